The van der Waals surface area contributed by atoms with Gasteiger partial charge in [-0.05, 0) is 36.2 Å². The Balaban J connectivity index is 1.74. The normalized spacial score (nSPS) is 19.0. The van der Waals surface area contributed by atoms with Crippen LogP contribution >= 0.6 is 34.8 Å². The van der Waals surface area contributed by atoms with Crippen LogP contribution in [0.1, 0.15) is 28.3 Å². The molecule has 0 aliphatic heterocycles. The molecule has 3 rings (SSSR count). The Morgan fingerprint density at radius 1 is 1.04 bits per heavy atom. The van der Waals surface area contributed by atoms with E-state index in [0.717, 1.165) is 5.56 Å². The number of hydrogen-bond acceptors (Lipinski definition) is 3. The number of halogens is 3. The molecule has 1 aliphatic carbocycles. The molecule has 0 radical (unpaired) electrons. The number of Topliss-reactive ketones (excluding diaryl/α,β-unsaturated/α-hetero) is 1. The summed E-state index contributed by atoms with van der Waals surface area (Å²) in [5.41, 5.74) is 1.28. The lowest BCUT2D eigenvalue weighted by molar-refractivity contribution is 0.102. The first-order valence-corrected chi connectivity index (χ1v) is 9.97. The molecule has 0 bridgehead atoms. The summed E-state index contributed by atoms with van der Waals surface area (Å²) in [4.78, 5) is 12.3. The Morgan fingerprint density at radius 3 is 2.08 bits per heavy atom. The number of alkyl halides is 2. The molecular weight excluding hydrogens is 391 g/mol. The highest BCUT2D eigenvalue weighted by molar-refractivity contribution is 7.92. The van der Waals surface area contributed by atoms with Crippen molar-refractivity contribution in [3.8, 4) is 0 Å². The molecule has 0 aromatic heterocycles. The topological polar surface area (TPSA) is 51.2 Å². The smallest absolute Gasteiger partial charge is 0.185 e. The van der Waals surface area contributed by atoms with E-state index in [-0.39, 0.29) is 10.8 Å². The standard InChI is InChI=1S/C17H13Cl3O3S/c18-13-5-7-14(8-6-13)24(22,23)10-16(21)12-3-1-11(2-4-12)15-9-17(15,19)20/h1-8,15H,9-10H2. The number of carbonyl (C=O) groups is 1. The van der Waals surface area contributed by atoms with Gasteiger partial charge in [-0.1, -0.05) is 35.9 Å². The zero-order valence-corrected chi connectivity index (χ0v) is 15.5. The van der Waals surface area contributed by atoms with Crippen LogP contribution in [0, 0.1) is 0 Å². The molecule has 3 nitrogen and oxygen atoms in total. The Kier molecular flexibility index (Phi) is 4.69. The molecule has 0 amide bonds. The zero-order chi connectivity index (χ0) is 17.5. The van der Waals surface area contributed by atoms with Crippen LogP contribution in [0.15, 0.2) is 53.4 Å². The van der Waals surface area contributed by atoms with Crippen molar-refractivity contribution in [3.05, 3.63) is 64.7 Å². The summed E-state index contributed by atoms with van der Waals surface area (Å²) in [6.45, 7) is 0. The van der Waals surface area contributed by atoms with Crippen LogP contribution in [-0.4, -0.2) is 24.3 Å². The fourth-order valence-corrected chi connectivity index (χ4v) is 4.37. The highest BCUT2D eigenvalue weighted by Gasteiger charge is 2.52. The van der Waals surface area contributed by atoms with Gasteiger partial charge in [-0.15, -0.1) is 23.2 Å². The summed E-state index contributed by atoms with van der Waals surface area (Å²) < 4.78 is 23.9. The Labute approximate surface area is 155 Å². The minimum Gasteiger partial charge on any atom is -0.293 e. The molecule has 0 spiro atoms. The van der Waals surface area contributed by atoms with E-state index >= 15 is 0 Å². The summed E-state index contributed by atoms with van der Waals surface area (Å²) in [7, 11) is -3.71. The molecular formula is C17H13Cl3O3S. The second-order valence-electron chi connectivity index (χ2n) is 5.78. The summed E-state index contributed by atoms with van der Waals surface area (Å²) in [6, 6.07) is 12.5. The van der Waals surface area contributed by atoms with Crippen molar-refractivity contribution >= 4 is 50.4 Å². The molecule has 2 aromatic carbocycles. The molecule has 1 atom stereocenters. The molecule has 1 fully saturated rings. The van der Waals surface area contributed by atoms with Gasteiger partial charge < -0.3 is 0 Å². The van der Waals surface area contributed by atoms with Gasteiger partial charge in [0, 0.05) is 16.5 Å². The molecule has 0 N–H and O–H groups in total. The van der Waals surface area contributed by atoms with E-state index in [4.69, 9.17) is 34.8 Å². The minimum absolute atomic E-state index is 0.0581. The van der Waals surface area contributed by atoms with Gasteiger partial charge in [-0.3, -0.25) is 4.79 Å². The first-order chi connectivity index (χ1) is 11.2. The van der Waals surface area contributed by atoms with Crippen LogP contribution in [-0.2, 0) is 9.84 Å². The number of carbonyl (C=O) groups excluding carboxylic acids is 1. The van der Waals surface area contributed by atoms with Crippen molar-refractivity contribution in [2.45, 2.75) is 21.6 Å². The number of benzene rings is 2. The Morgan fingerprint density at radius 2 is 1.58 bits per heavy atom. The van der Waals surface area contributed by atoms with Crippen LogP contribution in [0.4, 0.5) is 0 Å². The lowest BCUT2D eigenvalue weighted by Crippen LogP contribution is -2.16. The fraction of sp³-hybridized carbons (Fsp3) is 0.235. The van der Waals surface area contributed by atoms with E-state index in [1.807, 2.05) is 0 Å². The summed E-state index contributed by atoms with van der Waals surface area (Å²) in [5, 5.41) is 0.436. The molecule has 1 saturated carbocycles. The maximum absolute atomic E-state index is 12.3. The number of hydrogen-bond donors (Lipinski definition) is 0. The third-order valence-electron chi connectivity index (χ3n) is 3.95. The van der Waals surface area contributed by atoms with E-state index < -0.39 is 25.7 Å². The van der Waals surface area contributed by atoms with E-state index in [9.17, 15) is 13.2 Å². The van der Waals surface area contributed by atoms with E-state index in [1.54, 1.807) is 24.3 Å². The first kappa shape index (κ1) is 17.7. The number of sulfone groups is 1. The van der Waals surface area contributed by atoms with Crippen molar-refractivity contribution in [1.82, 2.24) is 0 Å². The van der Waals surface area contributed by atoms with Gasteiger partial charge in [0.15, 0.2) is 15.6 Å². The molecule has 1 aliphatic rings. The molecule has 126 valence electrons. The van der Waals surface area contributed by atoms with Gasteiger partial charge in [-0.25, -0.2) is 8.42 Å². The monoisotopic (exact) mass is 402 g/mol. The van der Waals surface area contributed by atoms with Gasteiger partial charge >= 0.3 is 0 Å². The largest absolute Gasteiger partial charge is 0.293 e. The van der Waals surface area contributed by atoms with Crippen molar-refractivity contribution < 1.29 is 13.2 Å². The molecule has 2 aromatic rings. The molecule has 1 unspecified atom stereocenters. The number of ketones is 1. The third kappa shape index (κ3) is 3.77. The van der Waals surface area contributed by atoms with Gasteiger partial charge in [0.2, 0.25) is 0 Å². The predicted molar refractivity (Wildman–Crippen MR) is 96.1 cm³/mol. The summed E-state index contributed by atoms with van der Waals surface area (Å²) in [6.07, 6.45) is 0.675. The molecule has 24 heavy (non-hydrogen) atoms. The van der Waals surface area contributed by atoms with Crippen LogP contribution in [0.25, 0.3) is 0 Å². The quantitative estimate of drug-likeness (QED) is 0.539. The average Bonchev–Trinajstić information content (AvgIpc) is 3.16. The minimum atomic E-state index is -3.71. The Bertz CT molecular complexity index is 872. The maximum Gasteiger partial charge on any atom is 0.185 e. The second-order valence-corrected chi connectivity index (χ2v) is 9.74. The van der Waals surface area contributed by atoms with Crippen LogP contribution in [0.5, 0.6) is 0 Å². The van der Waals surface area contributed by atoms with Gasteiger partial charge in [0.25, 0.3) is 0 Å². The highest BCUT2D eigenvalue weighted by atomic mass is 35.5. The SMILES string of the molecule is O=C(CS(=O)(=O)c1ccc(Cl)cc1)c1ccc(C2CC2(Cl)Cl)cc1. The van der Waals surface area contributed by atoms with Crippen molar-refractivity contribution in [3.63, 3.8) is 0 Å². The first-order valence-electron chi connectivity index (χ1n) is 7.18. The molecule has 0 saturated heterocycles. The highest BCUT2D eigenvalue weighted by Crippen LogP contribution is 2.59. The predicted octanol–water partition coefficient (Wildman–Crippen LogP) is 4.66. The summed E-state index contributed by atoms with van der Waals surface area (Å²) >= 11 is 17.8. The van der Waals surface area contributed by atoms with Crippen molar-refractivity contribution in [2.75, 3.05) is 5.75 Å². The Hall–Kier alpha value is -1.07. The van der Waals surface area contributed by atoms with E-state index in [2.05, 4.69) is 0 Å². The van der Waals surface area contributed by atoms with Gasteiger partial charge in [0.05, 0.1) is 4.90 Å². The third-order valence-corrected chi connectivity index (χ3v) is 6.67. The number of rotatable bonds is 5. The van der Waals surface area contributed by atoms with Gasteiger partial charge in [-0.2, -0.15) is 0 Å². The van der Waals surface area contributed by atoms with Gasteiger partial charge in [0.1, 0.15) is 10.1 Å². The fourth-order valence-electron chi connectivity index (χ4n) is 2.46. The molecule has 0 heterocycles. The van der Waals surface area contributed by atoms with Crippen LogP contribution in [0.3, 0.4) is 0 Å². The van der Waals surface area contributed by atoms with E-state index in [1.165, 1.54) is 24.3 Å². The van der Waals surface area contributed by atoms with Crippen LogP contribution < -0.4 is 0 Å². The molecule has 7 heteroatoms. The summed E-state index contributed by atoms with van der Waals surface area (Å²) in [5.74, 6) is -0.995. The maximum atomic E-state index is 12.3. The van der Waals surface area contributed by atoms with Crippen molar-refractivity contribution in [1.29, 1.82) is 0 Å². The second kappa shape index (κ2) is 6.34. The van der Waals surface area contributed by atoms with Crippen molar-refractivity contribution in [2.24, 2.45) is 0 Å². The van der Waals surface area contributed by atoms with E-state index in [0.29, 0.717) is 17.0 Å². The average molecular weight is 404 g/mol. The van der Waals surface area contributed by atoms with Crippen LogP contribution in [0.2, 0.25) is 5.02 Å². The lowest BCUT2D eigenvalue weighted by Gasteiger charge is -2.06. The zero-order valence-electron chi connectivity index (χ0n) is 12.4. The lowest BCUT2D eigenvalue weighted by atomic mass is 10.1.